The summed E-state index contributed by atoms with van der Waals surface area (Å²) >= 11 is 3.51. The van der Waals surface area contributed by atoms with Crippen molar-refractivity contribution in [1.82, 2.24) is 14.7 Å². The van der Waals surface area contributed by atoms with Gasteiger partial charge in [-0.25, -0.2) is 4.98 Å². The molecule has 2 aromatic heterocycles. The Morgan fingerprint density at radius 2 is 2.26 bits per heavy atom. The molecular weight excluding hydrogens is 469 g/mol. The fourth-order valence-electron chi connectivity index (χ4n) is 2.67. The van der Waals surface area contributed by atoms with E-state index in [0.29, 0.717) is 5.96 Å². The van der Waals surface area contributed by atoms with Crippen molar-refractivity contribution in [2.24, 2.45) is 16.6 Å². The standard InChI is InChI=1S/C16H22BrN5.HI/c1-11-7-13(17)9-22-10-14(21-15(11)22)5-6-19-16(18)20-8-12-3-2-4-12;/h7,9-10,12H,2-6,8H2,1H3,(H3,18,19,20);1H. The number of halogens is 2. The summed E-state index contributed by atoms with van der Waals surface area (Å²) in [5, 5.41) is 3.17. The van der Waals surface area contributed by atoms with Crippen molar-refractivity contribution in [2.75, 3.05) is 13.1 Å². The Morgan fingerprint density at radius 3 is 2.96 bits per heavy atom. The zero-order valence-electron chi connectivity index (χ0n) is 13.3. The number of hydrogen-bond acceptors (Lipinski definition) is 2. The molecule has 23 heavy (non-hydrogen) atoms. The normalized spacial score (nSPS) is 15.3. The molecular formula is C16H23BrIN5. The molecule has 0 aromatic carbocycles. The zero-order valence-corrected chi connectivity index (χ0v) is 17.2. The number of aliphatic imine (C=N–C) groups is 1. The maximum Gasteiger partial charge on any atom is 0.188 e. The summed E-state index contributed by atoms with van der Waals surface area (Å²) in [6.45, 7) is 3.69. The minimum Gasteiger partial charge on any atom is -0.370 e. The maximum atomic E-state index is 5.89. The van der Waals surface area contributed by atoms with Gasteiger partial charge in [0.25, 0.3) is 0 Å². The Balaban J connectivity index is 0.00000192. The van der Waals surface area contributed by atoms with Crippen LogP contribution in [-0.4, -0.2) is 28.4 Å². The molecule has 126 valence electrons. The number of nitrogens with one attached hydrogen (secondary N) is 1. The van der Waals surface area contributed by atoms with Gasteiger partial charge < -0.3 is 15.5 Å². The second-order valence-corrected chi connectivity index (χ2v) is 6.92. The van der Waals surface area contributed by atoms with Crippen molar-refractivity contribution in [3.8, 4) is 0 Å². The predicted octanol–water partition coefficient (Wildman–Crippen LogP) is 3.27. The molecule has 0 bridgehead atoms. The molecule has 3 N–H and O–H groups in total. The van der Waals surface area contributed by atoms with Crippen LogP contribution in [0.4, 0.5) is 0 Å². The van der Waals surface area contributed by atoms with Crippen LogP contribution in [0, 0.1) is 12.8 Å². The van der Waals surface area contributed by atoms with Gasteiger partial charge in [-0.2, -0.15) is 0 Å². The molecule has 3 rings (SSSR count). The fraction of sp³-hybridized carbons (Fsp3) is 0.500. The number of hydrogen-bond donors (Lipinski definition) is 2. The van der Waals surface area contributed by atoms with E-state index in [1.807, 2.05) is 6.20 Å². The Bertz CT molecular complexity index is 693. The number of aromatic nitrogens is 2. The topological polar surface area (TPSA) is 67.7 Å². The van der Waals surface area contributed by atoms with Crippen LogP contribution >= 0.6 is 39.9 Å². The van der Waals surface area contributed by atoms with Gasteiger partial charge in [-0.1, -0.05) is 6.42 Å². The van der Waals surface area contributed by atoms with E-state index in [2.05, 4.69) is 54.8 Å². The van der Waals surface area contributed by atoms with Crippen molar-refractivity contribution in [1.29, 1.82) is 0 Å². The first-order chi connectivity index (χ1) is 10.6. The van der Waals surface area contributed by atoms with Crippen LogP contribution in [0.2, 0.25) is 0 Å². The predicted molar refractivity (Wildman–Crippen MR) is 109 cm³/mol. The van der Waals surface area contributed by atoms with Crippen molar-refractivity contribution < 1.29 is 0 Å². The number of nitrogens with zero attached hydrogens (tertiary/aromatic N) is 3. The third-order valence-electron chi connectivity index (χ3n) is 4.18. The van der Waals surface area contributed by atoms with E-state index in [9.17, 15) is 0 Å². The molecule has 1 fully saturated rings. The number of imidazole rings is 1. The lowest BCUT2D eigenvalue weighted by atomic mass is 9.86. The van der Waals surface area contributed by atoms with Crippen molar-refractivity contribution >= 4 is 51.5 Å². The Hall–Kier alpha value is -0.830. The maximum absolute atomic E-state index is 5.89. The lowest BCUT2D eigenvalue weighted by Gasteiger charge is -2.23. The number of nitrogens with two attached hydrogens (primary N) is 1. The molecule has 0 radical (unpaired) electrons. The molecule has 2 aromatic rings. The summed E-state index contributed by atoms with van der Waals surface area (Å²) in [4.78, 5) is 9.07. The van der Waals surface area contributed by atoms with Crippen LogP contribution in [0.5, 0.6) is 0 Å². The zero-order chi connectivity index (χ0) is 15.5. The molecule has 0 saturated heterocycles. The Labute approximate surface area is 162 Å². The van der Waals surface area contributed by atoms with Crippen LogP contribution in [-0.2, 0) is 6.42 Å². The second kappa shape index (κ2) is 8.32. The van der Waals surface area contributed by atoms with Gasteiger partial charge in [0.1, 0.15) is 5.65 Å². The summed E-state index contributed by atoms with van der Waals surface area (Å²) in [7, 11) is 0. The van der Waals surface area contributed by atoms with E-state index in [1.165, 1.54) is 19.3 Å². The highest BCUT2D eigenvalue weighted by molar-refractivity contribution is 14.0. The van der Waals surface area contributed by atoms with E-state index in [4.69, 9.17) is 5.73 Å². The Morgan fingerprint density at radius 1 is 1.48 bits per heavy atom. The van der Waals surface area contributed by atoms with Gasteiger partial charge in [0.2, 0.25) is 0 Å². The molecule has 0 aliphatic heterocycles. The lowest BCUT2D eigenvalue weighted by Crippen LogP contribution is -2.34. The number of aryl methyl sites for hydroxylation is 1. The minimum atomic E-state index is 0. The highest BCUT2D eigenvalue weighted by Crippen LogP contribution is 2.26. The van der Waals surface area contributed by atoms with Crippen LogP contribution < -0.4 is 11.1 Å². The van der Waals surface area contributed by atoms with E-state index in [0.717, 1.165) is 46.8 Å². The summed E-state index contributed by atoms with van der Waals surface area (Å²) in [6.07, 6.45) is 8.87. The first-order valence-electron chi connectivity index (χ1n) is 7.79. The molecule has 0 unspecified atom stereocenters. The number of guanidine groups is 1. The first kappa shape index (κ1) is 18.5. The SMILES string of the molecule is Cc1cc(Br)cn2cc(CCNC(N)=NCC3CCC3)nc12.I. The number of pyridine rings is 1. The molecule has 5 nitrogen and oxygen atoms in total. The highest BCUT2D eigenvalue weighted by atomic mass is 127. The molecule has 0 spiro atoms. The molecule has 1 aliphatic carbocycles. The van der Waals surface area contributed by atoms with E-state index < -0.39 is 0 Å². The second-order valence-electron chi connectivity index (χ2n) is 6.00. The van der Waals surface area contributed by atoms with Crippen LogP contribution in [0.15, 0.2) is 27.9 Å². The smallest absolute Gasteiger partial charge is 0.188 e. The summed E-state index contributed by atoms with van der Waals surface area (Å²) in [6, 6.07) is 2.08. The molecule has 7 heteroatoms. The van der Waals surface area contributed by atoms with Crippen molar-refractivity contribution in [2.45, 2.75) is 32.6 Å². The van der Waals surface area contributed by atoms with Gasteiger partial charge in [-0.15, -0.1) is 24.0 Å². The third kappa shape index (κ3) is 4.82. The van der Waals surface area contributed by atoms with Gasteiger partial charge in [-0.3, -0.25) is 4.99 Å². The summed E-state index contributed by atoms with van der Waals surface area (Å²) in [5.74, 6) is 1.30. The largest absolute Gasteiger partial charge is 0.370 e. The van der Waals surface area contributed by atoms with E-state index in [1.54, 1.807) is 0 Å². The first-order valence-corrected chi connectivity index (χ1v) is 8.58. The molecule has 2 heterocycles. The Kier molecular flexibility index (Phi) is 6.70. The summed E-state index contributed by atoms with van der Waals surface area (Å²) in [5.41, 5.74) is 9.11. The highest BCUT2D eigenvalue weighted by Gasteiger charge is 2.16. The molecule has 0 atom stereocenters. The molecule has 1 aliphatic rings. The molecule has 0 amide bonds. The summed E-state index contributed by atoms with van der Waals surface area (Å²) < 4.78 is 3.12. The minimum absolute atomic E-state index is 0. The van der Waals surface area contributed by atoms with Crippen molar-refractivity contribution in [3.63, 3.8) is 0 Å². The van der Waals surface area contributed by atoms with Crippen LogP contribution in [0.25, 0.3) is 5.65 Å². The monoisotopic (exact) mass is 491 g/mol. The van der Waals surface area contributed by atoms with Gasteiger partial charge >= 0.3 is 0 Å². The van der Waals surface area contributed by atoms with Gasteiger partial charge in [0, 0.05) is 36.4 Å². The number of fused-ring (bicyclic) bond motifs is 1. The fourth-order valence-corrected chi connectivity index (χ4v) is 3.24. The van der Waals surface area contributed by atoms with Gasteiger partial charge in [0.15, 0.2) is 5.96 Å². The number of rotatable bonds is 5. The third-order valence-corrected chi connectivity index (χ3v) is 4.62. The van der Waals surface area contributed by atoms with E-state index in [-0.39, 0.29) is 24.0 Å². The molecule has 1 saturated carbocycles. The average molecular weight is 492 g/mol. The van der Waals surface area contributed by atoms with Gasteiger partial charge in [-0.05, 0) is 53.2 Å². The van der Waals surface area contributed by atoms with Crippen LogP contribution in [0.1, 0.15) is 30.5 Å². The average Bonchev–Trinajstić information content (AvgIpc) is 2.80. The lowest BCUT2D eigenvalue weighted by molar-refractivity contribution is 0.326. The van der Waals surface area contributed by atoms with Crippen LogP contribution in [0.3, 0.4) is 0 Å². The quantitative estimate of drug-likeness (QED) is 0.383. The van der Waals surface area contributed by atoms with Crippen molar-refractivity contribution in [3.05, 3.63) is 34.2 Å². The van der Waals surface area contributed by atoms with Gasteiger partial charge in [0.05, 0.1) is 5.69 Å². The van der Waals surface area contributed by atoms with E-state index >= 15 is 0 Å².